The molecule has 18 heavy (non-hydrogen) atoms. The van der Waals surface area contributed by atoms with Crippen LogP contribution in [0, 0.1) is 11.3 Å². The zero-order valence-electron chi connectivity index (χ0n) is 12.8. The lowest BCUT2D eigenvalue weighted by Crippen LogP contribution is -2.60. The quantitative estimate of drug-likeness (QED) is 0.815. The van der Waals surface area contributed by atoms with E-state index in [2.05, 4.69) is 44.8 Å². The fourth-order valence-corrected chi connectivity index (χ4v) is 2.97. The summed E-state index contributed by atoms with van der Waals surface area (Å²) in [6.45, 7) is 14.2. The van der Waals surface area contributed by atoms with E-state index in [1.165, 1.54) is 6.42 Å². The van der Waals surface area contributed by atoms with Crippen LogP contribution in [0.25, 0.3) is 0 Å². The predicted molar refractivity (Wildman–Crippen MR) is 76.7 cm³/mol. The Kier molecular flexibility index (Phi) is 6.06. The Hall–Kier alpha value is -0.150. The first-order valence-corrected chi connectivity index (χ1v) is 7.38. The van der Waals surface area contributed by atoms with Crippen molar-refractivity contribution in [3.05, 3.63) is 0 Å². The lowest BCUT2D eigenvalue weighted by molar-refractivity contribution is 0.0492. The number of halogens is 1. The van der Waals surface area contributed by atoms with Gasteiger partial charge in [0.25, 0.3) is 0 Å². The van der Waals surface area contributed by atoms with Crippen LogP contribution in [0.1, 0.15) is 47.5 Å². The molecule has 1 rings (SSSR count). The lowest BCUT2D eigenvalue weighted by atomic mass is 9.83. The zero-order chi connectivity index (χ0) is 13.8. The van der Waals surface area contributed by atoms with Crippen molar-refractivity contribution in [3.8, 4) is 0 Å². The van der Waals surface area contributed by atoms with Crippen LogP contribution in [0.15, 0.2) is 0 Å². The summed E-state index contributed by atoms with van der Waals surface area (Å²) in [5.74, 6) is 0.719. The molecule has 0 aromatic rings. The van der Waals surface area contributed by atoms with Crippen LogP contribution in [0.4, 0.5) is 4.39 Å². The van der Waals surface area contributed by atoms with Gasteiger partial charge in [0.15, 0.2) is 0 Å². The number of nitrogens with zero attached hydrogens (tertiary/aromatic N) is 1. The van der Waals surface area contributed by atoms with E-state index < -0.39 is 0 Å². The fourth-order valence-electron chi connectivity index (χ4n) is 2.97. The van der Waals surface area contributed by atoms with Crippen LogP contribution < -0.4 is 5.32 Å². The highest BCUT2D eigenvalue weighted by molar-refractivity contribution is 4.92. The van der Waals surface area contributed by atoms with E-state index in [-0.39, 0.29) is 12.1 Å². The summed E-state index contributed by atoms with van der Waals surface area (Å²) in [7, 11) is 0. The van der Waals surface area contributed by atoms with E-state index in [1.807, 2.05) is 0 Å². The molecule has 1 aliphatic heterocycles. The molecule has 2 unspecified atom stereocenters. The third-order valence-corrected chi connectivity index (χ3v) is 3.83. The second kappa shape index (κ2) is 6.85. The van der Waals surface area contributed by atoms with Gasteiger partial charge in [-0.05, 0) is 24.2 Å². The Labute approximate surface area is 112 Å². The largest absolute Gasteiger partial charge is 0.311 e. The molecule has 0 bridgehead atoms. The van der Waals surface area contributed by atoms with Crippen molar-refractivity contribution in [2.45, 2.75) is 59.5 Å². The molecule has 1 N–H and O–H groups in total. The highest BCUT2D eigenvalue weighted by Crippen LogP contribution is 2.27. The van der Waals surface area contributed by atoms with Crippen molar-refractivity contribution in [3.63, 3.8) is 0 Å². The fraction of sp³-hybridized carbons (Fsp3) is 1.00. The molecule has 0 amide bonds. The monoisotopic (exact) mass is 258 g/mol. The molecule has 1 saturated heterocycles. The van der Waals surface area contributed by atoms with E-state index in [0.29, 0.717) is 18.5 Å². The van der Waals surface area contributed by atoms with E-state index in [0.717, 1.165) is 25.6 Å². The number of alkyl halides is 1. The molecule has 0 aromatic heterocycles. The van der Waals surface area contributed by atoms with Gasteiger partial charge in [0.2, 0.25) is 0 Å². The van der Waals surface area contributed by atoms with Gasteiger partial charge in [-0.1, -0.05) is 34.6 Å². The zero-order valence-corrected chi connectivity index (χ0v) is 12.8. The Morgan fingerprint density at radius 3 is 2.50 bits per heavy atom. The number of hydrogen-bond acceptors (Lipinski definition) is 2. The van der Waals surface area contributed by atoms with Crippen molar-refractivity contribution in [1.29, 1.82) is 0 Å². The third-order valence-electron chi connectivity index (χ3n) is 3.83. The average molecular weight is 258 g/mol. The van der Waals surface area contributed by atoms with E-state index in [1.54, 1.807) is 0 Å². The molecule has 1 aliphatic rings. The molecular weight excluding hydrogens is 227 g/mol. The van der Waals surface area contributed by atoms with Gasteiger partial charge in [0.05, 0.1) is 6.67 Å². The summed E-state index contributed by atoms with van der Waals surface area (Å²) in [6, 6.07) is 1.09. The van der Waals surface area contributed by atoms with Gasteiger partial charge >= 0.3 is 0 Å². The van der Waals surface area contributed by atoms with Crippen LogP contribution in [0.5, 0.6) is 0 Å². The van der Waals surface area contributed by atoms with Crippen LogP contribution >= 0.6 is 0 Å². The van der Waals surface area contributed by atoms with E-state index >= 15 is 0 Å². The highest BCUT2D eigenvalue weighted by atomic mass is 19.1. The Morgan fingerprint density at radius 2 is 2.00 bits per heavy atom. The number of piperazine rings is 1. The van der Waals surface area contributed by atoms with Gasteiger partial charge in [0, 0.05) is 31.7 Å². The number of hydrogen-bond donors (Lipinski definition) is 1. The lowest BCUT2D eigenvalue weighted by Gasteiger charge is -2.46. The smallest absolute Gasteiger partial charge is 0.0906 e. The number of nitrogens with one attached hydrogen (secondary N) is 1. The second-order valence-electron chi connectivity index (χ2n) is 7.15. The minimum atomic E-state index is -0.199. The first-order chi connectivity index (χ1) is 8.34. The standard InChI is InChI=1S/C15H31FN2/c1-12(2)9-13-11-18(8-6-7-16)14(10-17-13)15(3,4)5/h12-14,17H,6-11H2,1-5H3. The second-order valence-corrected chi connectivity index (χ2v) is 7.15. The molecular formula is C15H31FN2. The molecule has 0 radical (unpaired) electrons. The van der Waals surface area contributed by atoms with Crippen LogP contribution in [0.3, 0.4) is 0 Å². The molecule has 0 aromatic carbocycles. The summed E-state index contributed by atoms with van der Waals surface area (Å²) in [4.78, 5) is 2.50. The van der Waals surface area contributed by atoms with E-state index in [9.17, 15) is 4.39 Å². The molecule has 3 heteroatoms. The van der Waals surface area contributed by atoms with Crippen molar-refractivity contribution in [2.24, 2.45) is 11.3 Å². The third kappa shape index (κ3) is 4.85. The minimum absolute atomic E-state index is 0.199. The van der Waals surface area contributed by atoms with Crippen LogP contribution in [0.2, 0.25) is 0 Å². The molecule has 0 aliphatic carbocycles. The summed E-state index contributed by atoms with van der Waals surface area (Å²) in [5, 5.41) is 3.68. The van der Waals surface area contributed by atoms with Gasteiger partial charge in [0.1, 0.15) is 0 Å². The summed E-state index contributed by atoms with van der Waals surface area (Å²) in [6.07, 6.45) is 1.88. The van der Waals surface area contributed by atoms with Gasteiger partial charge in [-0.25, -0.2) is 0 Å². The molecule has 2 atom stereocenters. The average Bonchev–Trinajstić information content (AvgIpc) is 2.24. The maximum absolute atomic E-state index is 12.4. The van der Waals surface area contributed by atoms with Crippen molar-refractivity contribution >= 4 is 0 Å². The Balaban J connectivity index is 2.60. The normalized spacial score (nSPS) is 26.8. The maximum Gasteiger partial charge on any atom is 0.0906 e. The summed E-state index contributed by atoms with van der Waals surface area (Å²) < 4.78 is 12.4. The SMILES string of the molecule is CC(C)CC1CN(CCCF)C(C(C)(C)C)CN1. The van der Waals surface area contributed by atoms with Crippen molar-refractivity contribution in [1.82, 2.24) is 10.2 Å². The van der Waals surface area contributed by atoms with Crippen LogP contribution in [-0.2, 0) is 0 Å². The van der Waals surface area contributed by atoms with Gasteiger partial charge in [-0.2, -0.15) is 0 Å². The van der Waals surface area contributed by atoms with Gasteiger partial charge < -0.3 is 5.32 Å². The van der Waals surface area contributed by atoms with Crippen molar-refractivity contribution < 1.29 is 4.39 Å². The van der Waals surface area contributed by atoms with Crippen molar-refractivity contribution in [2.75, 3.05) is 26.3 Å². The highest BCUT2D eigenvalue weighted by Gasteiger charge is 2.35. The van der Waals surface area contributed by atoms with Gasteiger partial charge in [-0.15, -0.1) is 0 Å². The number of rotatable bonds is 5. The molecule has 1 fully saturated rings. The van der Waals surface area contributed by atoms with Crippen LogP contribution in [-0.4, -0.2) is 43.3 Å². The molecule has 108 valence electrons. The topological polar surface area (TPSA) is 15.3 Å². The Morgan fingerprint density at radius 1 is 1.33 bits per heavy atom. The summed E-state index contributed by atoms with van der Waals surface area (Å²) in [5.41, 5.74) is 0.256. The maximum atomic E-state index is 12.4. The molecule has 0 spiro atoms. The minimum Gasteiger partial charge on any atom is -0.311 e. The predicted octanol–water partition coefficient (Wildman–Crippen LogP) is 3.08. The molecule has 1 heterocycles. The Bertz CT molecular complexity index is 235. The van der Waals surface area contributed by atoms with E-state index in [4.69, 9.17) is 0 Å². The van der Waals surface area contributed by atoms with Gasteiger partial charge in [-0.3, -0.25) is 9.29 Å². The first-order valence-electron chi connectivity index (χ1n) is 7.38. The summed E-state index contributed by atoms with van der Waals surface area (Å²) >= 11 is 0. The molecule has 0 saturated carbocycles. The first kappa shape index (κ1) is 15.9. The molecule has 2 nitrogen and oxygen atoms in total.